The number of aromatic nitrogens is 3. The van der Waals surface area contributed by atoms with Gasteiger partial charge in [-0.25, -0.2) is 0 Å². The van der Waals surface area contributed by atoms with E-state index in [4.69, 9.17) is 16.3 Å². The number of nitrogens with one attached hydrogen (secondary N) is 1. The number of carbonyl (C=O) groups is 1. The Balaban J connectivity index is 1.37. The van der Waals surface area contributed by atoms with Gasteiger partial charge in [0.25, 0.3) is 0 Å². The summed E-state index contributed by atoms with van der Waals surface area (Å²) in [5, 5.41) is 23.0. The Morgan fingerprint density at radius 3 is 2.94 bits per heavy atom. The number of aryl methyl sites for hydroxylation is 2. The molecule has 0 saturated heterocycles. The molecule has 1 amide bonds. The van der Waals surface area contributed by atoms with Gasteiger partial charge < -0.3 is 14.6 Å². The standard InChI is InChI=1S/C23H24ClN5O2S2/c1-3-29-20(12-31-15-8-9-18(24)14(2)10-15)27-28-23(29)32-13-21(30)26-22-17(11-25)16-6-4-5-7-19(16)33-22/h8-10H,3-7,12-13H2,1-2H3,(H,26,30). The highest BCUT2D eigenvalue weighted by molar-refractivity contribution is 7.99. The number of halogens is 1. The third kappa shape index (κ3) is 5.35. The van der Waals surface area contributed by atoms with E-state index in [1.165, 1.54) is 28.0 Å². The van der Waals surface area contributed by atoms with Crippen molar-refractivity contribution in [2.75, 3.05) is 11.1 Å². The first kappa shape index (κ1) is 23.6. The van der Waals surface area contributed by atoms with E-state index in [1.807, 2.05) is 30.5 Å². The maximum atomic E-state index is 12.6. The Kier molecular flexibility index (Phi) is 7.58. The van der Waals surface area contributed by atoms with Crippen molar-refractivity contribution in [1.29, 1.82) is 5.26 Å². The number of anilines is 1. The van der Waals surface area contributed by atoms with Crippen LogP contribution in [-0.2, 0) is 30.8 Å². The fourth-order valence-corrected chi connectivity index (χ4v) is 5.96. The van der Waals surface area contributed by atoms with E-state index >= 15 is 0 Å². The summed E-state index contributed by atoms with van der Waals surface area (Å²) in [6.07, 6.45) is 4.13. The number of thioether (sulfide) groups is 1. The summed E-state index contributed by atoms with van der Waals surface area (Å²) >= 11 is 8.92. The molecule has 0 spiro atoms. The van der Waals surface area contributed by atoms with Crippen molar-refractivity contribution in [3.05, 3.63) is 50.6 Å². The lowest BCUT2D eigenvalue weighted by molar-refractivity contribution is -0.113. The van der Waals surface area contributed by atoms with Gasteiger partial charge >= 0.3 is 0 Å². The molecule has 2 aromatic heterocycles. The summed E-state index contributed by atoms with van der Waals surface area (Å²) < 4.78 is 7.79. The number of carbonyl (C=O) groups excluding carboxylic acids is 1. The fraction of sp³-hybridized carbons (Fsp3) is 0.391. The molecule has 0 fully saturated rings. The third-order valence-electron chi connectivity index (χ3n) is 5.48. The molecule has 33 heavy (non-hydrogen) atoms. The molecule has 0 saturated carbocycles. The van der Waals surface area contributed by atoms with Gasteiger partial charge in [-0.05, 0) is 68.9 Å². The lowest BCUT2D eigenvalue weighted by atomic mass is 9.96. The van der Waals surface area contributed by atoms with E-state index < -0.39 is 0 Å². The number of amides is 1. The molecular weight excluding hydrogens is 478 g/mol. The van der Waals surface area contributed by atoms with E-state index in [-0.39, 0.29) is 18.3 Å². The zero-order valence-electron chi connectivity index (χ0n) is 18.5. The molecule has 0 unspecified atom stereocenters. The minimum atomic E-state index is -0.157. The van der Waals surface area contributed by atoms with Crippen LogP contribution in [0.2, 0.25) is 5.02 Å². The zero-order valence-corrected chi connectivity index (χ0v) is 20.9. The minimum absolute atomic E-state index is 0.157. The van der Waals surface area contributed by atoms with Crippen LogP contribution in [0.25, 0.3) is 0 Å². The van der Waals surface area contributed by atoms with Gasteiger partial charge in [-0.3, -0.25) is 4.79 Å². The predicted octanol–water partition coefficient (Wildman–Crippen LogP) is 5.38. The van der Waals surface area contributed by atoms with Crippen LogP contribution in [-0.4, -0.2) is 26.4 Å². The van der Waals surface area contributed by atoms with Crippen molar-refractivity contribution in [2.45, 2.75) is 57.8 Å². The van der Waals surface area contributed by atoms with Crippen LogP contribution in [0, 0.1) is 18.3 Å². The number of nitrogens with zero attached hydrogens (tertiary/aromatic N) is 4. The van der Waals surface area contributed by atoms with E-state index in [1.54, 1.807) is 6.07 Å². The van der Waals surface area contributed by atoms with E-state index in [0.29, 0.717) is 38.9 Å². The molecule has 1 N–H and O–H groups in total. The average molecular weight is 502 g/mol. The number of hydrogen-bond donors (Lipinski definition) is 1. The summed E-state index contributed by atoms with van der Waals surface area (Å²) in [6.45, 7) is 4.85. The molecule has 4 rings (SSSR count). The molecule has 172 valence electrons. The van der Waals surface area contributed by atoms with Crippen molar-refractivity contribution in [3.63, 3.8) is 0 Å². The molecular formula is C23H24ClN5O2S2. The van der Waals surface area contributed by atoms with Crippen molar-refractivity contribution in [2.24, 2.45) is 0 Å². The van der Waals surface area contributed by atoms with Crippen LogP contribution in [0.3, 0.4) is 0 Å². The number of hydrogen-bond acceptors (Lipinski definition) is 7. The van der Waals surface area contributed by atoms with Crippen LogP contribution in [0.15, 0.2) is 23.4 Å². The quantitative estimate of drug-likeness (QED) is 0.416. The van der Waals surface area contributed by atoms with Crippen molar-refractivity contribution >= 4 is 45.6 Å². The highest BCUT2D eigenvalue weighted by Gasteiger charge is 2.22. The molecule has 1 aromatic carbocycles. The van der Waals surface area contributed by atoms with Gasteiger partial charge in [0, 0.05) is 16.4 Å². The summed E-state index contributed by atoms with van der Waals surface area (Å²) in [6, 6.07) is 7.78. The van der Waals surface area contributed by atoms with Crippen LogP contribution < -0.4 is 10.1 Å². The smallest absolute Gasteiger partial charge is 0.235 e. The molecule has 0 atom stereocenters. The second kappa shape index (κ2) is 10.6. The van der Waals surface area contributed by atoms with Crippen LogP contribution in [0.4, 0.5) is 5.00 Å². The number of benzene rings is 1. The second-order valence-electron chi connectivity index (χ2n) is 7.71. The van der Waals surface area contributed by atoms with Gasteiger partial charge in [0.15, 0.2) is 11.0 Å². The molecule has 2 heterocycles. The van der Waals surface area contributed by atoms with Gasteiger partial charge in [0.2, 0.25) is 5.91 Å². The van der Waals surface area contributed by atoms with Gasteiger partial charge in [-0.15, -0.1) is 21.5 Å². The van der Waals surface area contributed by atoms with Crippen LogP contribution in [0.1, 0.15) is 47.2 Å². The lowest BCUT2D eigenvalue weighted by Crippen LogP contribution is -2.15. The highest BCUT2D eigenvalue weighted by atomic mass is 35.5. The Hall–Kier alpha value is -2.54. The van der Waals surface area contributed by atoms with E-state index in [0.717, 1.165) is 36.8 Å². The largest absolute Gasteiger partial charge is 0.486 e. The molecule has 1 aliphatic rings. The number of thiophene rings is 1. The fourth-order valence-electron chi connectivity index (χ4n) is 3.77. The molecule has 0 bridgehead atoms. The van der Waals surface area contributed by atoms with Gasteiger partial charge in [0.1, 0.15) is 23.4 Å². The molecule has 1 aliphatic carbocycles. The maximum Gasteiger partial charge on any atom is 0.235 e. The third-order valence-corrected chi connectivity index (χ3v) is 8.07. The Bertz CT molecular complexity index is 1210. The Morgan fingerprint density at radius 2 is 2.18 bits per heavy atom. The van der Waals surface area contributed by atoms with E-state index in [9.17, 15) is 10.1 Å². The normalized spacial score (nSPS) is 12.8. The highest BCUT2D eigenvalue weighted by Crippen LogP contribution is 2.37. The molecule has 10 heteroatoms. The Labute approximate surface area is 206 Å². The summed E-state index contributed by atoms with van der Waals surface area (Å²) in [5.41, 5.74) is 2.68. The lowest BCUT2D eigenvalue weighted by Gasteiger charge is -2.10. The van der Waals surface area contributed by atoms with Crippen molar-refractivity contribution in [1.82, 2.24) is 14.8 Å². The molecule has 0 radical (unpaired) electrons. The van der Waals surface area contributed by atoms with Crippen molar-refractivity contribution < 1.29 is 9.53 Å². The molecule has 0 aliphatic heterocycles. The topological polar surface area (TPSA) is 92.8 Å². The molecule has 7 nitrogen and oxygen atoms in total. The molecule has 3 aromatic rings. The minimum Gasteiger partial charge on any atom is -0.486 e. The number of nitriles is 1. The van der Waals surface area contributed by atoms with E-state index in [2.05, 4.69) is 21.6 Å². The maximum absolute atomic E-state index is 12.6. The predicted molar refractivity (Wildman–Crippen MR) is 131 cm³/mol. The van der Waals surface area contributed by atoms with Gasteiger partial charge in [0.05, 0.1) is 11.3 Å². The van der Waals surface area contributed by atoms with Crippen LogP contribution in [0.5, 0.6) is 5.75 Å². The van der Waals surface area contributed by atoms with Crippen molar-refractivity contribution in [3.8, 4) is 11.8 Å². The van der Waals surface area contributed by atoms with Crippen LogP contribution >= 0.6 is 34.7 Å². The number of rotatable bonds is 8. The SMILES string of the molecule is CCn1c(COc2ccc(Cl)c(C)c2)nnc1SCC(=O)Nc1sc2c(c1C#N)CCCC2. The first-order valence-corrected chi connectivity index (χ1v) is 13.0. The average Bonchev–Trinajstić information content (AvgIpc) is 3.38. The summed E-state index contributed by atoms with van der Waals surface area (Å²) in [7, 11) is 0. The monoisotopic (exact) mass is 501 g/mol. The Morgan fingerprint density at radius 1 is 1.36 bits per heavy atom. The summed E-state index contributed by atoms with van der Waals surface area (Å²) in [4.78, 5) is 13.8. The van der Waals surface area contributed by atoms with Gasteiger partial charge in [-0.1, -0.05) is 23.4 Å². The van der Waals surface area contributed by atoms with Gasteiger partial charge in [-0.2, -0.15) is 5.26 Å². The number of ether oxygens (including phenoxy) is 1. The first-order valence-electron chi connectivity index (χ1n) is 10.8. The number of fused-ring (bicyclic) bond motifs is 1. The second-order valence-corrected chi connectivity index (χ2v) is 10.2. The summed E-state index contributed by atoms with van der Waals surface area (Å²) in [5.74, 6) is 1.42. The zero-order chi connectivity index (χ0) is 23.4. The first-order chi connectivity index (χ1) is 16.0.